The lowest BCUT2D eigenvalue weighted by atomic mass is 9.80. The third kappa shape index (κ3) is 3.74. The molecule has 3 amide bonds. The van der Waals surface area contributed by atoms with Gasteiger partial charge in [-0.25, -0.2) is 22.4 Å². The minimum atomic E-state index is -2.91. The van der Waals surface area contributed by atoms with Crippen molar-refractivity contribution in [2.45, 2.75) is 44.1 Å². The average Bonchev–Trinajstić information content (AvgIpc) is 2.95. The number of benzene rings is 1. The second-order valence-electron chi connectivity index (χ2n) is 8.19. The number of nitrogens with zero attached hydrogens (tertiary/aromatic N) is 2. The number of hydrogen-bond donors (Lipinski definition) is 1. The minimum Gasteiger partial charge on any atom is -0.323 e. The Kier molecular flexibility index (Phi) is 5.26. The third-order valence-corrected chi connectivity index (χ3v) is 6.06. The average molecular weight is 449 g/mol. The number of nitrogens with one attached hydrogen (secondary N) is 1. The zero-order valence-electron chi connectivity index (χ0n) is 17.1. The third-order valence-electron chi connectivity index (χ3n) is 6.06. The molecule has 168 valence electrons. The number of aryl methyl sites for hydroxylation is 1. The highest BCUT2D eigenvalue weighted by molar-refractivity contribution is 6.11. The van der Waals surface area contributed by atoms with Crippen molar-refractivity contribution in [2.75, 3.05) is 6.54 Å². The van der Waals surface area contributed by atoms with Crippen LogP contribution in [0.1, 0.15) is 41.6 Å². The monoisotopic (exact) mass is 449 g/mol. The number of imide groups is 1. The van der Waals surface area contributed by atoms with Gasteiger partial charge in [0.05, 0.1) is 12.1 Å². The zero-order chi connectivity index (χ0) is 23.3. The van der Waals surface area contributed by atoms with Gasteiger partial charge in [-0.2, -0.15) is 0 Å². The molecule has 1 N–H and O–H groups in total. The van der Waals surface area contributed by atoms with Gasteiger partial charge in [0.25, 0.3) is 5.91 Å². The van der Waals surface area contributed by atoms with Crippen LogP contribution in [0.3, 0.4) is 0 Å². The Morgan fingerprint density at radius 3 is 2.34 bits per heavy atom. The molecule has 0 radical (unpaired) electrons. The summed E-state index contributed by atoms with van der Waals surface area (Å²) in [6.45, 7) is 0.899. The smallest absolute Gasteiger partial charge is 0.323 e. The van der Waals surface area contributed by atoms with Gasteiger partial charge in [0.15, 0.2) is 5.78 Å². The number of aromatic nitrogens is 1. The molecule has 1 aliphatic heterocycles. The Balaban J connectivity index is 1.55. The van der Waals surface area contributed by atoms with Crippen molar-refractivity contribution in [3.63, 3.8) is 0 Å². The highest BCUT2D eigenvalue weighted by Gasteiger charge is 2.55. The number of halogens is 4. The van der Waals surface area contributed by atoms with Crippen LogP contribution < -0.4 is 5.32 Å². The van der Waals surface area contributed by atoms with E-state index in [1.54, 1.807) is 13.0 Å². The molecule has 10 heteroatoms. The first-order chi connectivity index (χ1) is 15.0. The SMILES string of the molecule is Cc1ccncc1-c1c(F)cc(C(=O)CN2C(=O)NC3(CCC(F)(F)CC3)C2=O)cc1F. The van der Waals surface area contributed by atoms with E-state index >= 15 is 0 Å². The molecule has 2 heterocycles. The number of ketones is 1. The first-order valence-corrected chi connectivity index (χ1v) is 9.98. The molecule has 0 atom stereocenters. The number of rotatable bonds is 4. The van der Waals surface area contributed by atoms with Crippen LogP contribution >= 0.6 is 0 Å². The van der Waals surface area contributed by atoms with Gasteiger partial charge in [-0.05, 0) is 43.5 Å². The number of carbonyl (C=O) groups excluding carboxylic acids is 3. The molecule has 32 heavy (non-hydrogen) atoms. The van der Waals surface area contributed by atoms with E-state index in [0.717, 1.165) is 12.1 Å². The van der Waals surface area contributed by atoms with Crippen molar-refractivity contribution in [1.82, 2.24) is 15.2 Å². The number of pyridine rings is 1. The van der Waals surface area contributed by atoms with E-state index in [4.69, 9.17) is 0 Å². The van der Waals surface area contributed by atoms with Crippen LogP contribution in [0.15, 0.2) is 30.6 Å². The van der Waals surface area contributed by atoms with E-state index in [0.29, 0.717) is 10.5 Å². The fourth-order valence-corrected chi connectivity index (χ4v) is 4.15. The molecule has 1 saturated heterocycles. The lowest BCUT2D eigenvalue weighted by Crippen LogP contribution is -2.51. The molecule has 0 unspecified atom stereocenters. The fraction of sp³-hybridized carbons (Fsp3) is 0.364. The van der Waals surface area contributed by atoms with Crippen molar-refractivity contribution >= 4 is 17.7 Å². The van der Waals surface area contributed by atoms with Crippen molar-refractivity contribution in [3.05, 3.63) is 53.4 Å². The number of Topliss-reactive ketones (excluding diaryl/α,β-unsaturated/α-hetero) is 1. The van der Waals surface area contributed by atoms with Gasteiger partial charge < -0.3 is 5.32 Å². The maximum Gasteiger partial charge on any atom is 0.325 e. The summed E-state index contributed by atoms with van der Waals surface area (Å²) in [6, 6.07) is 2.37. The molecule has 1 aromatic carbocycles. The summed E-state index contributed by atoms with van der Waals surface area (Å²) in [5.74, 6) is -6.54. The predicted molar refractivity (Wildman–Crippen MR) is 105 cm³/mol. The largest absolute Gasteiger partial charge is 0.325 e. The number of carbonyl (C=O) groups is 3. The molecule has 0 bridgehead atoms. The van der Waals surface area contributed by atoms with Crippen LogP contribution in [0.25, 0.3) is 11.1 Å². The van der Waals surface area contributed by atoms with Gasteiger partial charge in [0.1, 0.15) is 17.2 Å². The summed E-state index contributed by atoms with van der Waals surface area (Å²) in [7, 11) is 0. The Morgan fingerprint density at radius 2 is 1.75 bits per heavy atom. The Bertz CT molecular complexity index is 1100. The molecule has 4 rings (SSSR count). The lowest BCUT2D eigenvalue weighted by molar-refractivity contribution is -0.135. The first kappa shape index (κ1) is 21.9. The maximum absolute atomic E-state index is 14.7. The number of alkyl halides is 2. The lowest BCUT2D eigenvalue weighted by Gasteiger charge is -2.34. The molecule has 6 nitrogen and oxygen atoms in total. The number of urea groups is 1. The van der Waals surface area contributed by atoms with E-state index in [9.17, 15) is 31.9 Å². The van der Waals surface area contributed by atoms with E-state index in [2.05, 4.69) is 10.3 Å². The van der Waals surface area contributed by atoms with Crippen LogP contribution in [-0.2, 0) is 4.79 Å². The highest BCUT2D eigenvalue weighted by atomic mass is 19.3. The van der Waals surface area contributed by atoms with Gasteiger partial charge in [-0.3, -0.25) is 19.5 Å². The summed E-state index contributed by atoms with van der Waals surface area (Å²) < 4.78 is 56.4. The molecule has 2 fully saturated rings. The molecular weight excluding hydrogens is 430 g/mol. The van der Waals surface area contributed by atoms with E-state index in [-0.39, 0.29) is 29.5 Å². The molecule has 2 aromatic rings. The molecule has 1 spiro atoms. The summed E-state index contributed by atoms with van der Waals surface area (Å²) in [5, 5.41) is 2.42. The van der Waals surface area contributed by atoms with Crippen molar-refractivity contribution in [1.29, 1.82) is 0 Å². The fourth-order valence-electron chi connectivity index (χ4n) is 4.15. The topological polar surface area (TPSA) is 79.4 Å². The zero-order valence-corrected chi connectivity index (χ0v) is 17.1. The van der Waals surface area contributed by atoms with E-state index in [1.165, 1.54) is 12.4 Å². The Hall–Kier alpha value is -3.30. The van der Waals surface area contributed by atoms with Crippen LogP contribution in [-0.4, -0.2) is 45.6 Å². The van der Waals surface area contributed by atoms with Crippen molar-refractivity contribution < 1.29 is 31.9 Å². The highest BCUT2D eigenvalue weighted by Crippen LogP contribution is 2.41. The normalized spacial score (nSPS) is 19.3. The van der Waals surface area contributed by atoms with Crippen LogP contribution in [0.4, 0.5) is 22.4 Å². The van der Waals surface area contributed by atoms with E-state index in [1.807, 2.05) is 0 Å². The van der Waals surface area contributed by atoms with Crippen LogP contribution in [0.5, 0.6) is 0 Å². The minimum absolute atomic E-state index is 0.228. The summed E-state index contributed by atoms with van der Waals surface area (Å²) in [5.41, 5.74) is -1.37. The maximum atomic E-state index is 14.7. The predicted octanol–water partition coefficient (Wildman–Crippen LogP) is 4.02. The van der Waals surface area contributed by atoms with E-state index < -0.39 is 60.2 Å². The quantitative estimate of drug-likeness (QED) is 0.435. The molecular formula is C22H19F4N3O3. The standard InChI is InChI=1S/C22H19F4N3O3/c1-12-2-7-27-10-14(12)18-15(23)8-13(9-16(18)24)17(30)11-29-19(31)21(28-20(29)32)3-5-22(25,26)6-4-21/h2,7-10H,3-6,11H2,1H3,(H,28,32). The molecule has 2 aliphatic rings. The van der Waals surface area contributed by atoms with Crippen molar-refractivity contribution in [2.24, 2.45) is 0 Å². The second kappa shape index (κ2) is 7.68. The first-order valence-electron chi connectivity index (χ1n) is 9.98. The van der Waals surface area contributed by atoms with Gasteiger partial charge in [0, 0.05) is 36.4 Å². The number of amides is 3. The van der Waals surface area contributed by atoms with Crippen LogP contribution in [0, 0.1) is 18.6 Å². The van der Waals surface area contributed by atoms with Crippen LogP contribution in [0.2, 0.25) is 0 Å². The molecule has 1 saturated carbocycles. The van der Waals surface area contributed by atoms with Gasteiger partial charge in [-0.1, -0.05) is 0 Å². The molecule has 1 aliphatic carbocycles. The molecule has 1 aromatic heterocycles. The van der Waals surface area contributed by atoms with Crippen molar-refractivity contribution in [3.8, 4) is 11.1 Å². The summed E-state index contributed by atoms with van der Waals surface area (Å²) in [4.78, 5) is 42.2. The van der Waals surface area contributed by atoms with Gasteiger partial charge >= 0.3 is 6.03 Å². The van der Waals surface area contributed by atoms with Gasteiger partial charge in [0.2, 0.25) is 5.92 Å². The number of hydrogen-bond acceptors (Lipinski definition) is 4. The van der Waals surface area contributed by atoms with Gasteiger partial charge in [-0.15, -0.1) is 0 Å². The summed E-state index contributed by atoms with van der Waals surface area (Å²) in [6.07, 6.45) is 1.15. The summed E-state index contributed by atoms with van der Waals surface area (Å²) >= 11 is 0. The second-order valence-corrected chi connectivity index (χ2v) is 8.19. The Morgan fingerprint density at radius 1 is 1.12 bits per heavy atom. The Labute approximate surface area is 180 Å².